The number of nitrogens with one attached hydrogen (secondary N) is 1. The van der Waals surface area contributed by atoms with Crippen LogP contribution in [0.3, 0.4) is 0 Å². The van der Waals surface area contributed by atoms with E-state index in [4.69, 9.17) is 0 Å². The van der Waals surface area contributed by atoms with Gasteiger partial charge in [0, 0.05) is 55.4 Å². The van der Waals surface area contributed by atoms with Crippen molar-refractivity contribution < 1.29 is 9.59 Å². The molecule has 3 aromatic heterocycles. The Morgan fingerprint density at radius 1 is 1.21 bits per heavy atom. The molecule has 0 aliphatic carbocycles. The Kier molecular flexibility index (Phi) is 6.22. The molecule has 172 valence electrons. The molecular formula is C23H26N6O2S2. The van der Waals surface area contributed by atoms with Crippen molar-refractivity contribution in [3.63, 3.8) is 0 Å². The summed E-state index contributed by atoms with van der Waals surface area (Å²) in [7, 11) is 2.10. The monoisotopic (exact) mass is 482 g/mol. The van der Waals surface area contributed by atoms with Crippen molar-refractivity contribution in [2.75, 3.05) is 32.0 Å². The van der Waals surface area contributed by atoms with Crippen molar-refractivity contribution in [3.05, 3.63) is 45.7 Å². The fraction of sp³-hybridized carbons (Fsp3) is 0.435. The second kappa shape index (κ2) is 9.28. The standard InChI is InChI=1S/C23H26N6O2S2/c1-14-19(33-21(25-14)15-5-3-8-24-11-15)22(31)29-9-4-6-16(12-29)20(30)27-23-26-17-7-10-28(2)13-18(17)32-23/h3,5,8,11,16H,4,6-7,9-10,12-13H2,1-2H3,(H,26,27,30). The number of piperidine rings is 1. The Morgan fingerprint density at radius 2 is 2.09 bits per heavy atom. The highest BCUT2D eigenvalue weighted by atomic mass is 32.1. The maximum absolute atomic E-state index is 13.3. The molecule has 0 spiro atoms. The van der Waals surface area contributed by atoms with Crippen molar-refractivity contribution in [3.8, 4) is 10.6 Å². The van der Waals surface area contributed by atoms with E-state index in [9.17, 15) is 9.59 Å². The molecule has 0 saturated carbocycles. The number of likely N-dealkylation sites (tertiary alicyclic amines) is 1. The summed E-state index contributed by atoms with van der Waals surface area (Å²) < 4.78 is 0. The predicted octanol–water partition coefficient (Wildman–Crippen LogP) is 3.45. The zero-order chi connectivity index (χ0) is 22.9. The average molecular weight is 483 g/mol. The molecule has 33 heavy (non-hydrogen) atoms. The molecule has 8 nitrogen and oxygen atoms in total. The third-order valence-corrected chi connectivity index (χ3v) is 8.32. The summed E-state index contributed by atoms with van der Waals surface area (Å²) in [6, 6.07) is 3.80. The number of carbonyl (C=O) groups is 2. The molecule has 1 fully saturated rings. The largest absolute Gasteiger partial charge is 0.337 e. The summed E-state index contributed by atoms with van der Waals surface area (Å²) in [6.07, 6.45) is 5.96. The molecule has 2 aliphatic rings. The maximum Gasteiger partial charge on any atom is 0.265 e. The molecule has 5 heterocycles. The summed E-state index contributed by atoms with van der Waals surface area (Å²) in [5.74, 6) is -0.341. The Hall–Kier alpha value is -2.69. The van der Waals surface area contributed by atoms with Crippen LogP contribution in [0.1, 0.15) is 38.8 Å². The second-order valence-electron chi connectivity index (χ2n) is 8.63. The van der Waals surface area contributed by atoms with Crippen LogP contribution in [-0.2, 0) is 17.8 Å². The van der Waals surface area contributed by atoms with E-state index in [1.54, 1.807) is 28.6 Å². The van der Waals surface area contributed by atoms with Crippen molar-refractivity contribution >= 4 is 39.6 Å². The molecule has 1 saturated heterocycles. The number of fused-ring (bicyclic) bond motifs is 1. The number of rotatable bonds is 4. The molecule has 0 radical (unpaired) electrons. The highest BCUT2D eigenvalue weighted by molar-refractivity contribution is 7.17. The molecule has 1 atom stereocenters. The lowest BCUT2D eigenvalue weighted by molar-refractivity contribution is -0.121. The summed E-state index contributed by atoms with van der Waals surface area (Å²) >= 11 is 2.95. The van der Waals surface area contributed by atoms with Crippen molar-refractivity contribution in [2.45, 2.75) is 32.7 Å². The van der Waals surface area contributed by atoms with E-state index in [-0.39, 0.29) is 17.7 Å². The van der Waals surface area contributed by atoms with Gasteiger partial charge in [-0.1, -0.05) is 0 Å². The van der Waals surface area contributed by atoms with Crippen LogP contribution >= 0.6 is 22.7 Å². The van der Waals surface area contributed by atoms with Crippen molar-refractivity contribution in [1.82, 2.24) is 24.8 Å². The van der Waals surface area contributed by atoms with Gasteiger partial charge in [-0.15, -0.1) is 22.7 Å². The van der Waals surface area contributed by atoms with Crippen LogP contribution in [0.5, 0.6) is 0 Å². The van der Waals surface area contributed by atoms with E-state index >= 15 is 0 Å². The van der Waals surface area contributed by atoms with Gasteiger partial charge in [0.05, 0.1) is 17.3 Å². The SMILES string of the molecule is Cc1nc(-c2cccnc2)sc1C(=O)N1CCCC(C(=O)Nc2nc3c(s2)CN(C)CC3)C1. The van der Waals surface area contributed by atoms with Crippen LogP contribution < -0.4 is 5.32 Å². The molecule has 2 aliphatic heterocycles. The van der Waals surface area contributed by atoms with Gasteiger partial charge < -0.3 is 15.1 Å². The molecule has 2 amide bonds. The number of anilines is 1. The zero-order valence-corrected chi connectivity index (χ0v) is 20.3. The van der Waals surface area contributed by atoms with Gasteiger partial charge in [0.15, 0.2) is 5.13 Å². The number of hydrogen-bond acceptors (Lipinski definition) is 8. The zero-order valence-electron chi connectivity index (χ0n) is 18.7. The number of carbonyl (C=O) groups excluding carboxylic acids is 2. The summed E-state index contributed by atoms with van der Waals surface area (Å²) in [5, 5.41) is 4.47. The van der Waals surface area contributed by atoms with Gasteiger partial charge in [-0.3, -0.25) is 14.6 Å². The van der Waals surface area contributed by atoms with Gasteiger partial charge in [0.1, 0.15) is 9.88 Å². The topological polar surface area (TPSA) is 91.3 Å². The maximum atomic E-state index is 13.3. The molecule has 1 unspecified atom stereocenters. The molecule has 5 rings (SSSR count). The van der Waals surface area contributed by atoms with Gasteiger partial charge in [-0.2, -0.15) is 0 Å². The number of likely N-dealkylation sites (N-methyl/N-ethyl adjacent to an activating group) is 1. The molecule has 3 aromatic rings. The van der Waals surface area contributed by atoms with Crippen LogP contribution in [0.15, 0.2) is 24.5 Å². The number of nitrogens with zero attached hydrogens (tertiary/aromatic N) is 5. The van der Waals surface area contributed by atoms with Crippen molar-refractivity contribution in [1.29, 1.82) is 0 Å². The minimum atomic E-state index is -0.239. The van der Waals surface area contributed by atoms with Crippen molar-refractivity contribution in [2.24, 2.45) is 5.92 Å². The van der Waals surface area contributed by atoms with E-state index in [0.29, 0.717) is 28.8 Å². The van der Waals surface area contributed by atoms with Crippen LogP contribution in [0.2, 0.25) is 0 Å². The van der Waals surface area contributed by atoms with Gasteiger partial charge in [0.25, 0.3) is 5.91 Å². The van der Waals surface area contributed by atoms with Crippen LogP contribution in [0.25, 0.3) is 10.6 Å². The lowest BCUT2D eigenvalue weighted by atomic mass is 9.97. The van der Waals surface area contributed by atoms with Gasteiger partial charge in [-0.25, -0.2) is 9.97 Å². The van der Waals surface area contributed by atoms with E-state index in [2.05, 4.69) is 32.2 Å². The van der Waals surface area contributed by atoms with E-state index in [1.807, 2.05) is 19.1 Å². The van der Waals surface area contributed by atoms with Crippen LogP contribution in [0.4, 0.5) is 5.13 Å². The summed E-state index contributed by atoms with van der Waals surface area (Å²) in [4.78, 5) is 45.6. The first kappa shape index (κ1) is 22.1. The first-order chi connectivity index (χ1) is 16.0. The quantitative estimate of drug-likeness (QED) is 0.613. The Labute approximate surface area is 200 Å². The lowest BCUT2D eigenvalue weighted by Gasteiger charge is -2.31. The third-order valence-electron chi connectivity index (χ3n) is 6.13. The van der Waals surface area contributed by atoms with Gasteiger partial charge >= 0.3 is 0 Å². The predicted molar refractivity (Wildman–Crippen MR) is 129 cm³/mol. The molecular weight excluding hydrogens is 456 g/mol. The minimum Gasteiger partial charge on any atom is -0.337 e. The first-order valence-electron chi connectivity index (χ1n) is 11.1. The Balaban J connectivity index is 1.26. The van der Waals surface area contributed by atoms with Crippen LogP contribution in [0, 0.1) is 12.8 Å². The third kappa shape index (κ3) is 4.68. The Morgan fingerprint density at radius 3 is 2.91 bits per heavy atom. The van der Waals surface area contributed by atoms with E-state index in [1.165, 1.54) is 16.2 Å². The highest BCUT2D eigenvalue weighted by Crippen LogP contribution is 2.31. The van der Waals surface area contributed by atoms with Gasteiger partial charge in [-0.05, 0) is 38.9 Å². The number of aryl methyl sites for hydroxylation is 1. The lowest BCUT2D eigenvalue weighted by Crippen LogP contribution is -2.43. The van der Waals surface area contributed by atoms with Gasteiger partial charge in [0.2, 0.25) is 5.91 Å². The van der Waals surface area contributed by atoms with Crippen LogP contribution in [-0.4, -0.2) is 63.2 Å². The number of hydrogen-bond donors (Lipinski definition) is 1. The fourth-order valence-electron chi connectivity index (χ4n) is 4.31. The molecule has 0 bridgehead atoms. The van der Waals surface area contributed by atoms with E-state index in [0.717, 1.165) is 48.6 Å². The van der Waals surface area contributed by atoms with E-state index < -0.39 is 0 Å². The fourth-order valence-corrected chi connectivity index (χ4v) is 6.43. The molecule has 10 heteroatoms. The number of thiazole rings is 2. The Bertz CT molecular complexity index is 1180. The minimum absolute atomic E-state index is 0.0506. The smallest absolute Gasteiger partial charge is 0.265 e. The molecule has 0 aromatic carbocycles. The molecule has 1 N–H and O–H groups in total. The first-order valence-corrected chi connectivity index (χ1v) is 12.8. The average Bonchev–Trinajstić information content (AvgIpc) is 3.41. The number of aromatic nitrogens is 3. The number of pyridine rings is 1. The number of amides is 2. The summed E-state index contributed by atoms with van der Waals surface area (Å²) in [6.45, 7) is 4.80. The highest BCUT2D eigenvalue weighted by Gasteiger charge is 2.31. The second-order valence-corrected chi connectivity index (χ2v) is 10.7. The normalized spacial score (nSPS) is 18.7. The summed E-state index contributed by atoms with van der Waals surface area (Å²) in [5.41, 5.74) is 2.71.